The van der Waals surface area contributed by atoms with Crippen LogP contribution in [0.25, 0.3) is 0 Å². The van der Waals surface area contributed by atoms with Crippen molar-refractivity contribution in [3.63, 3.8) is 0 Å². The van der Waals surface area contributed by atoms with Gasteiger partial charge in [0.2, 0.25) is 11.8 Å². The molecule has 0 bridgehead atoms. The highest BCUT2D eigenvalue weighted by atomic mass is 19.4. The maximum atomic E-state index is 12.5. The number of hydrogen-bond donors (Lipinski definition) is 1. The zero-order valence-electron chi connectivity index (χ0n) is 13.2. The minimum Gasteiger partial charge on any atom is -0.390 e. The van der Waals surface area contributed by atoms with Crippen LogP contribution in [0, 0.1) is 0 Å². The number of carbonyl (C=O) groups is 2. The summed E-state index contributed by atoms with van der Waals surface area (Å²) in [6.45, 7) is 0.476. The predicted octanol–water partition coefficient (Wildman–Crippen LogP) is 1.65. The van der Waals surface area contributed by atoms with Crippen LogP contribution < -0.4 is 0 Å². The van der Waals surface area contributed by atoms with Crippen molar-refractivity contribution in [3.05, 3.63) is 35.4 Å². The van der Waals surface area contributed by atoms with Crippen molar-refractivity contribution < 1.29 is 27.9 Å². The highest BCUT2D eigenvalue weighted by molar-refractivity contribution is 6.01. The summed E-state index contributed by atoms with van der Waals surface area (Å²) in [5, 5.41) is 10.0. The number of nitrogens with zero attached hydrogens (tertiary/aromatic N) is 2. The summed E-state index contributed by atoms with van der Waals surface area (Å²) in [5.41, 5.74) is -0.0361. The fraction of sp³-hybridized carbons (Fsp3) is 0.500. The Morgan fingerprint density at radius 2 is 1.71 bits per heavy atom. The molecular weight excluding hydrogens is 325 g/mol. The first-order valence-electron chi connectivity index (χ1n) is 7.53. The van der Waals surface area contributed by atoms with Crippen molar-refractivity contribution >= 4 is 11.8 Å². The van der Waals surface area contributed by atoms with Crippen LogP contribution in [0.15, 0.2) is 24.3 Å². The summed E-state index contributed by atoms with van der Waals surface area (Å²) in [4.78, 5) is 25.8. The van der Waals surface area contributed by atoms with Gasteiger partial charge in [-0.05, 0) is 24.7 Å². The largest absolute Gasteiger partial charge is 0.416 e. The zero-order valence-corrected chi connectivity index (χ0v) is 13.2. The molecule has 0 aromatic heterocycles. The molecule has 24 heavy (non-hydrogen) atoms. The zero-order chi connectivity index (χ0) is 17.9. The summed E-state index contributed by atoms with van der Waals surface area (Å²) in [6.07, 6.45) is -4.93. The molecule has 1 aliphatic heterocycles. The van der Waals surface area contributed by atoms with Crippen molar-refractivity contribution in [1.29, 1.82) is 0 Å². The topological polar surface area (TPSA) is 60.9 Å². The average Bonchev–Trinajstić information content (AvgIpc) is 2.78. The number of hydrogen-bond acceptors (Lipinski definition) is 4. The standard InChI is InChI=1S/C16H19F3N2O3/c1-20(8-11-2-4-12(5-3-11)16(17,18)19)9-13(22)10-21-14(23)6-7-15(21)24/h2-5,13,22H,6-10H2,1H3/t13-/m0/s1. The molecule has 1 heterocycles. The third kappa shape index (κ3) is 4.78. The Morgan fingerprint density at radius 3 is 2.21 bits per heavy atom. The molecular formula is C16H19F3N2O3. The Balaban J connectivity index is 1.85. The van der Waals surface area contributed by atoms with E-state index in [1.807, 2.05) is 0 Å². The quantitative estimate of drug-likeness (QED) is 0.797. The fourth-order valence-corrected chi connectivity index (χ4v) is 2.63. The van der Waals surface area contributed by atoms with Gasteiger partial charge in [-0.15, -0.1) is 0 Å². The molecule has 1 atom stereocenters. The molecule has 132 valence electrons. The number of halogens is 3. The molecule has 0 radical (unpaired) electrons. The van der Waals surface area contributed by atoms with Gasteiger partial charge in [-0.1, -0.05) is 12.1 Å². The summed E-state index contributed by atoms with van der Waals surface area (Å²) >= 11 is 0. The Morgan fingerprint density at radius 1 is 1.17 bits per heavy atom. The molecule has 1 aromatic carbocycles. The number of aliphatic hydroxyl groups is 1. The molecule has 8 heteroatoms. The van der Waals surface area contributed by atoms with E-state index in [-0.39, 0.29) is 37.7 Å². The van der Waals surface area contributed by atoms with Crippen LogP contribution in [0.2, 0.25) is 0 Å². The monoisotopic (exact) mass is 344 g/mol. The van der Waals surface area contributed by atoms with Crippen LogP contribution in [0.3, 0.4) is 0 Å². The lowest BCUT2D eigenvalue weighted by Gasteiger charge is -2.23. The third-order valence-corrected chi connectivity index (χ3v) is 3.80. The van der Waals surface area contributed by atoms with E-state index in [9.17, 15) is 27.9 Å². The SMILES string of the molecule is CN(Cc1ccc(C(F)(F)F)cc1)C[C@H](O)CN1C(=O)CCC1=O. The van der Waals surface area contributed by atoms with Gasteiger partial charge in [0.15, 0.2) is 0 Å². The highest BCUT2D eigenvalue weighted by Crippen LogP contribution is 2.29. The van der Waals surface area contributed by atoms with Crippen molar-refractivity contribution in [2.75, 3.05) is 20.1 Å². The van der Waals surface area contributed by atoms with Crippen molar-refractivity contribution in [2.45, 2.75) is 31.7 Å². The number of carbonyl (C=O) groups excluding carboxylic acids is 2. The van der Waals surface area contributed by atoms with Crippen molar-refractivity contribution in [3.8, 4) is 0 Å². The van der Waals surface area contributed by atoms with E-state index < -0.39 is 17.8 Å². The normalized spacial score (nSPS) is 17.0. The number of benzene rings is 1. The number of alkyl halides is 3. The summed E-state index contributed by atoms with van der Waals surface area (Å²) in [5.74, 6) is -0.575. The lowest BCUT2D eigenvalue weighted by molar-refractivity contribution is -0.140. The van der Waals surface area contributed by atoms with Gasteiger partial charge in [0.05, 0.1) is 18.2 Å². The molecule has 0 unspecified atom stereocenters. The molecule has 0 aliphatic carbocycles. The number of imide groups is 1. The first-order chi connectivity index (χ1) is 11.2. The number of β-amino-alcohol motifs (C(OH)–C–C–N with tert-alkyl or cyclic N) is 1. The van der Waals surface area contributed by atoms with E-state index in [4.69, 9.17) is 0 Å². The Kier molecular flexibility index (Phi) is 5.61. The molecule has 1 N–H and O–H groups in total. The summed E-state index contributed by atoms with van der Waals surface area (Å²) < 4.78 is 37.5. The summed E-state index contributed by atoms with van der Waals surface area (Å²) in [6, 6.07) is 4.81. The van der Waals surface area contributed by atoms with Gasteiger partial charge in [-0.25, -0.2) is 0 Å². The van der Waals surface area contributed by atoms with Crippen LogP contribution in [0.1, 0.15) is 24.0 Å². The van der Waals surface area contributed by atoms with Gasteiger partial charge < -0.3 is 5.11 Å². The third-order valence-electron chi connectivity index (χ3n) is 3.80. The van der Waals surface area contributed by atoms with Gasteiger partial charge in [0.1, 0.15) is 0 Å². The molecule has 1 fully saturated rings. The van der Waals surface area contributed by atoms with Crippen molar-refractivity contribution in [1.82, 2.24) is 9.80 Å². The maximum Gasteiger partial charge on any atom is 0.416 e. The van der Waals surface area contributed by atoms with Gasteiger partial charge in [0.25, 0.3) is 0 Å². The maximum absolute atomic E-state index is 12.5. The van der Waals surface area contributed by atoms with E-state index in [0.29, 0.717) is 12.1 Å². The molecule has 2 amide bonds. The van der Waals surface area contributed by atoms with Crippen LogP contribution >= 0.6 is 0 Å². The molecule has 0 spiro atoms. The van der Waals surface area contributed by atoms with Gasteiger partial charge in [-0.3, -0.25) is 19.4 Å². The van der Waals surface area contributed by atoms with Crippen LogP contribution in [0.5, 0.6) is 0 Å². The second kappa shape index (κ2) is 7.31. The van der Waals surface area contributed by atoms with E-state index in [1.165, 1.54) is 12.1 Å². The molecule has 1 aliphatic rings. The first kappa shape index (κ1) is 18.4. The van der Waals surface area contributed by atoms with Gasteiger partial charge >= 0.3 is 6.18 Å². The molecule has 0 saturated carbocycles. The van der Waals surface area contributed by atoms with Crippen LogP contribution in [-0.4, -0.2) is 53.0 Å². The average molecular weight is 344 g/mol. The van der Waals surface area contributed by atoms with Gasteiger partial charge in [0, 0.05) is 25.9 Å². The second-order valence-corrected chi connectivity index (χ2v) is 5.94. The Labute approximate surface area is 137 Å². The van der Waals surface area contributed by atoms with Crippen LogP contribution in [-0.2, 0) is 22.3 Å². The molecule has 1 saturated heterocycles. The smallest absolute Gasteiger partial charge is 0.390 e. The molecule has 2 rings (SSSR count). The predicted molar refractivity (Wildman–Crippen MR) is 79.7 cm³/mol. The van der Waals surface area contributed by atoms with Gasteiger partial charge in [-0.2, -0.15) is 13.2 Å². The Bertz CT molecular complexity index is 586. The number of aliphatic hydroxyl groups excluding tert-OH is 1. The molecule has 1 aromatic rings. The highest BCUT2D eigenvalue weighted by Gasteiger charge is 2.31. The van der Waals surface area contributed by atoms with Crippen LogP contribution in [0.4, 0.5) is 13.2 Å². The lowest BCUT2D eigenvalue weighted by atomic mass is 10.1. The first-order valence-corrected chi connectivity index (χ1v) is 7.53. The Hall–Kier alpha value is -1.93. The van der Waals surface area contributed by atoms with E-state index in [2.05, 4.69) is 0 Å². The fourth-order valence-electron chi connectivity index (χ4n) is 2.63. The van der Waals surface area contributed by atoms with E-state index >= 15 is 0 Å². The van der Waals surface area contributed by atoms with E-state index in [0.717, 1.165) is 17.0 Å². The minimum atomic E-state index is -4.37. The number of likely N-dealkylation sites (N-methyl/N-ethyl adjacent to an activating group) is 1. The van der Waals surface area contributed by atoms with Crippen molar-refractivity contribution in [2.24, 2.45) is 0 Å². The summed E-state index contributed by atoms with van der Waals surface area (Å²) in [7, 11) is 1.70. The lowest BCUT2D eigenvalue weighted by Crippen LogP contribution is -2.41. The minimum absolute atomic E-state index is 0.0605. The number of amides is 2. The number of likely N-dealkylation sites (tertiary alicyclic amines) is 1. The number of rotatable bonds is 6. The van der Waals surface area contributed by atoms with E-state index in [1.54, 1.807) is 11.9 Å². The second-order valence-electron chi connectivity index (χ2n) is 5.94. The molecule has 5 nitrogen and oxygen atoms in total.